The summed E-state index contributed by atoms with van der Waals surface area (Å²) in [5, 5.41) is 10.2. The van der Waals surface area contributed by atoms with Crippen LogP contribution in [0.1, 0.15) is 11.3 Å². The van der Waals surface area contributed by atoms with Crippen LogP contribution in [0.25, 0.3) is 22.0 Å². The third kappa shape index (κ3) is 2.50. The molecule has 0 aliphatic heterocycles. The second-order valence-corrected chi connectivity index (χ2v) is 5.07. The van der Waals surface area contributed by atoms with E-state index in [4.69, 9.17) is 0 Å². The molecule has 3 rings (SSSR count). The number of halogens is 3. The number of alkyl halides is 3. The smallest absolute Gasteiger partial charge is 0.433 e. The lowest BCUT2D eigenvalue weighted by atomic mass is 9.98. The van der Waals surface area contributed by atoms with Crippen LogP contribution in [0.2, 0.25) is 0 Å². The number of para-hydroxylation sites is 1. The Balaban J connectivity index is 2.33. The van der Waals surface area contributed by atoms with Crippen LogP contribution in [0.3, 0.4) is 0 Å². The van der Waals surface area contributed by atoms with Crippen molar-refractivity contribution in [3.05, 3.63) is 59.8 Å². The van der Waals surface area contributed by atoms with E-state index in [0.717, 1.165) is 6.07 Å². The number of nitrogens with zero attached hydrogens (tertiary/aromatic N) is 1. The molecule has 0 saturated carbocycles. The molecular weight excluding hydrogens is 291 g/mol. The van der Waals surface area contributed by atoms with Gasteiger partial charge in [0.1, 0.15) is 11.4 Å². The molecule has 0 atom stereocenters. The Morgan fingerprint density at radius 2 is 1.73 bits per heavy atom. The zero-order valence-electron chi connectivity index (χ0n) is 11.6. The van der Waals surface area contributed by atoms with Gasteiger partial charge in [-0.05, 0) is 47.9 Å². The van der Waals surface area contributed by atoms with Crippen molar-refractivity contribution < 1.29 is 18.3 Å². The molecule has 0 aliphatic carbocycles. The summed E-state index contributed by atoms with van der Waals surface area (Å²) >= 11 is 0. The molecule has 2 nitrogen and oxygen atoms in total. The number of aryl methyl sites for hydroxylation is 1. The highest BCUT2D eigenvalue weighted by atomic mass is 19.4. The molecule has 1 heterocycles. The lowest BCUT2D eigenvalue weighted by Crippen LogP contribution is -2.08. The Morgan fingerprint density at radius 3 is 2.41 bits per heavy atom. The van der Waals surface area contributed by atoms with E-state index in [-0.39, 0.29) is 11.3 Å². The summed E-state index contributed by atoms with van der Waals surface area (Å²) in [7, 11) is 0. The van der Waals surface area contributed by atoms with Crippen LogP contribution in [0, 0.1) is 6.92 Å². The monoisotopic (exact) mass is 303 g/mol. The van der Waals surface area contributed by atoms with Gasteiger partial charge in [0.2, 0.25) is 0 Å². The summed E-state index contributed by atoms with van der Waals surface area (Å²) in [6.07, 6.45) is -4.51. The Bertz CT molecular complexity index is 856. The van der Waals surface area contributed by atoms with Gasteiger partial charge in [0.05, 0.1) is 5.52 Å². The van der Waals surface area contributed by atoms with Crippen molar-refractivity contribution in [1.29, 1.82) is 0 Å². The molecule has 112 valence electrons. The third-order valence-electron chi connectivity index (χ3n) is 3.51. The van der Waals surface area contributed by atoms with Crippen molar-refractivity contribution in [3.8, 4) is 16.9 Å². The van der Waals surface area contributed by atoms with Gasteiger partial charge in [0.15, 0.2) is 0 Å². The molecule has 0 amide bonds. The van der Waals surface area contributed by atoms with Crippen LogP contribution in [0.4, 0.5) is 13.2 Å². The number of aromatic nitrogens is 1. The largest absolute Gasteiger partial charge is 0.508 e. The minimum atomic E-state index is -4.51. The predicted octanol–water partition coefficient (Wildman–Crippen LogP) is 4.93. The predicted molar refractivity (Wildman–Crippen MR) is 78.6 cm³/mol. The number of benzene rings is 2. The summed E-state index contributed by atoms with van der Waals surface area (Å²) in [6.45, 7) is 1.70. The second kappa shape index (κ2) is 5.02. The van der Waals surface area contributed by atoms with Crippen LogP contribution in [-0.4, -0.2) is 10.1 Å². The highest BCUT2D eigenvalue weighted by molar-refractivity contribution is 5.94. The van der Waals surface area contributed by atoms with E-state index in [2.05, 4.69) is 4.98 Å². The molecule has 0 spiro atoms. The molecule has 0 bridgehead atoms. The van der Waals surface area contributed by atoms with Crippen LogP contribution in [-0.2, 0) is 6.18 Å². The highest BCUT2D eigenvalue weighted by Gasteiger charge is 2.33. The lowest BCUT2D eigenvalue weighted by Gasteiger charge is -2.12. The summed E-state index contributed by atoms with van der Waals surface area (Å²) in [6, 6.07) is 12.5. The van der Waals surface area contributed by atoms with Crippen molar-refractivity contribution in [3.63, 3.8) is 0 Å². The minimum Gasteiger partial charge on any atom is -0.508 e. The van der Waals surface area contributed by atoms with Crippen molar-refractivity contribution in [1.82, 2.24) is 4.98 Å². The summed E-state index contributed by atoms with van der Waals surface area (Å²) in [5.74, 6) is 0.109. The average molecular weight is 303 g/mol. The normalized spacial score (nSPS) is 11.8. The number of phenolic OH excluding ortho intramolecular Hbond substituents is 1. The first-order chi connectivity index (χ1) is 10.4. The number of phenols is 1. The summed E-state index contributed by atoms with van der Waals surface area (Å²) in [5.41, 5.74) is 1.03. The molecule has 3 aromatic rings. The van der Waals surface area contributed by atoms with Gasteiger partial charge in [-0.25, -0.2) is 4.98 Å². The van der Waals surface area contributed by atoms with E-state index in [1.165, 1.54) is 6.07 Å². The number of fused-ring (bicyclic) bond motifs is 1. The molecule has 0 unspecified atom stereocenters. The zero-order valence-corrected chi connectivity index (χ0v) is 11.6. The van der Waals surface area contributed by atoms with Gasteiger partial charge in [-0.2, -0.15) is 13.2 Å². The van der Waals surface area contributed by atoms with Gasteiger partial charge in [-0.1, -0.05) is 24.3 Å². The summed E-state index contributed by atoms with van der Waals surface area (Å²) in [4.78, 5) is 3.70. The number of aromatic hydroxyl groups is 1. The van der Waals surface area contributed by atoms with Gasteiger partial charge in [0, 0.05) is 5.39 Å². The molecule has 2 aromatic carbocycles. The van der Waals surface area contributed by atoms with E-state index in [0.29, 0.717) is 22.1 Å². The topological polar surface area (TPSA) is 33.1 Å². The van der Waals surface area contributed by atoms with E-state index < -0.39 is 11.9 Å². The maximum absolute atomic E-state index is 13.1. The molecule has 5 heteroatoms. The van der Waals surface area contributed by atoms with Crippen molar-refractivity contribution in [2.24, 2.45) is 0 Å². The molecule has 1 N–H and O–H groups in total. The van der Waals surface area contributed by atoms with Crippen LogP contribution in [0.5, 0.6) is 5.75 Å². The average Bonchev–Trinajstić information content (AvgIpc) is 2.48. The standard InChI is InChI=1S/C17H12F3NO/c1-10-8-11(6-7-15(10)22)13-9-16(17(18,19)20)21-14-5-3-2-4-12(13)14/h2-9,22H,1H3. The zero-order chi connectivity index (χ0) is 15.9. The minimum absolute atomic E-state index is 0.109. The number of hydrogen-bond acceptors (Lipinski definition) is 2. The van der Waals surface area contributed by atoms with E-state index in [1.807, 2.05) is 0 Å². The van der Waals surface area contributed by atoms with Crippen molar-refractivity contribution in [2.75, 3.05) is 0 Å². The van der Waals surface area contributed by atoms with Gasteiger partial charge >= 0.3 is 6.18 Å². The quantitative estimate of drug-likeness (QED) is 0.691. The summed E-state index contributed by atoms with van der Waals surface area (Å²) < 4.78 is 39.2. The molecule has 0 saturated heterocycles. The van der Waals surface area contributed by atoms with Gasteiger partial charge in [-0.15, -0.1) is 0 Å². The van der Waals surface area contributed by atoms with E-state index in [9.17, 15) is 18.3 Å². The van der Waals surface area contributed by atoms with Gasteiger partial charge in [0.25, 0.3) is 0 Å². The fraction of sp³-hybridized carbons (Fsp3) is 0.118. The first-order valence-electron chi connectivity index (χ1n) is 6.63. The first-order valence-corrected chi connectivity index (χ1v) is 6.63. The maximum Gasteiger partial charge on any atom is 0.433 e. The molecule has 1 aromatic heterocycles. The van der Waals surface area contributed by atoms with E-state index in [1.54, 1.807) is 43.3 Å². The molecule has 0 aliphatic rings. The van der Waals surface area contributed by atoms with Crippen molar-refractivity contribution >= 4 is 10.9 Å². The Kier molecular flexibility index (Phi) is 3.28. The Hall–Kier alpha value is -2.56. The maximum atomic E-state index is 13.1. The van der Waals surface area contributed by atoms with E-state index >= 15 is 0 Å². The van der Waals surface area contributed by atoms with Gasteiger partial charge < -0.3 is 5.11 Å². The van der Waals surface area contributed by atoms with Crippen LogP contribution < -0.4 is 0 Å². The first kappa shape index (κ1) is 14.4. The Labute approximate surface area is 124 Å². The van der Waals surface area contributed by atoms with Crippen LogP contribution in [0.15, 0.2) is 48.5 Å². The lowest BCUT2D eigenvalue weighted by molar-refractivity contribution is -0.140. The Morgan fingerprint density at radius 1 is 1.00 bits per heavy atom. The third-order valence-corrected chi connectivity index (χ3v) is 3.51. The molecule has 22 heavy (non-hydrogen) atoms. The fourth-order valence-corrected chi connectivity index (χ4v) is 2.38. The molecule has 0 radical (unpaired) electrons. The van der Waals surface area contributed by atoms with Crippen molar-refractivity contribution in [2.45, 2.75) is 13.1 Å². The fourth-order valence-electron chi connectivity index (χ4n) is 2.38. The molecule has 0 fully saturated rings. The van der Waals surface area contributed by atoms with Crippen LogP contribution >= 0.6 is 0 Å². The molecular formula is C17H12F3NO. The SMILES string of the molecule is Cc1cc(-c2cc(C(F)(F)F)nc3ccccc23)ccc1O. The number of hydrogen-bond donors (Lipinski definition) is 1. The highest BCUT2D eigenvalue weighted by Crippen LogP contribution is 2.36. The van der Waals surface area contributed by atoms with Gasteiger partial charge in [-0.3, -0.25) is 0 Å². The number of rotatable bonds is 1. The number of pyridine rings is 1. The second-order valence-electron chi connectivity index (χ2n) is 5.07.